The molecule has 0 aliphatic rings. The van der Waals surface area contributed by atoms with Crippen molar-refractivity contribution in [1.82, 2.24) is 4.98 Å². The van der Waals surface area contributed by atoms with Gasteiger partial charge < -0.3 is 10.8 Å². The molecule has 0 aliphatic carbocycles. The Bertz CT molecular complexity index is 366. The summed E-state index contributed by atoms with van der Waals surface area (Å²) in [5.74, 6) is -0.937. The van der Waals surface area contributed by atoms with Gasteiger partial charge in [-0.25, -0.2) is 9.78 Å². The zero-order chi connectivity index (χ0) is 11.6. The molecule has 0 saturated carbocycles. The number of aromatic carboxylic acids is 1. The molecule has 0 aromatic carbocycles. The van der Waals surface area contributed by atoms with E-state index in [-0.39, 0.29) is 16.8 Å². The normalized spacial score (nSPS) is 11.7. The van der Waals surface area contributed by atoms with E-state index in [0.717, 1.165) is 11.4 Å². The Hall–Kier alpha value is -0.940. The van der Waals surface area contributed by atoms with Gasteiger partial charge in [0.25, 0.3) is 0 Å². The third-order valence-corrected chi connectivity index (χ3v) is 2.90. The first kappa shape index (κ1) is 12.1. The zero-order valence-electron chi connectivity index (χ0n) is 9.20. The maximum absolute atomic E-state index is 10.9. The van der Waals surface area contributed by atoms with E-state index in [1.165, 1.54) is 11.3 Å². The Kier molecular flexibility index (Phi) is 3.46. The fraction of sp³-hybridized carbons (Fsp3) is 0.600. The lowest BCUT2D eigenvalue weighted by molar-refractivity contribution is 0.0700. The van der Waals surface area contributed by atoms with E-state index in [0.29, 0.717) is 5.69 Å². The first-order valence-electron chi connectivity index (χ1n) is 4.75. The lowest BCUT2D eigenvalue weighted by Gasteiger charge is -2.15. The highest BCUT2D eigenvalue weighted by Crippen LogP contribution is 2.26. The van der Waals surface area contributed by atoms with Crippen molar-refractivity contribution in [3.8, 4) is 0 Å². The standard InChI is InChI=1S/C10H16N2O2S/c1-10(2,3)4-7-12-6(5-11)8(15-7)9(13)14/h4-5,11H2,1-3H3,(H,13,14). The van der Waals surface area contributed by atoms with Crippen molar-refractivity contribution in [2.45, 2.75) is 33.7 Å². The SMILES string of the molecule is CC(C)(C)Cc1nc(CN)c(C(=O)O)s1. The number of carbonyl (C=O) groups is 1. The van der Waals surface area contributed by atoms with Crippen LogP contribution in [0.2, 0.25) is 0 Å². The van der Waals surface area contributed by atoms with E-state index >= 15 is 0 Å². The summed E-state index contributed by atoms with van der Waals surface area (Å²) in [5.41, 5.74) is 6.05. The van der Waals surface area contributed by atoms with Gasteiger partial charge >= 0.3 is 5.97 Å². The van der Waals surface area contributed by atoms with Gasteiger partial charge in [0.15, 0.2) is 0 Å². The van der Waals surface area contributed by atoms with Gasteiger partial charge in [0.1, 0.15) is 4.88 Å². The van der Waals surface area contributed by atoms with Crippen molar-refractivity contribution < 1.29 is 9.90 Å². The van der Waals surface area contributed by atoms with E-state index < -0.39 is 5.97 Å². The van der Waals surface area contributed by atoms with Crippen LogP contribution in [0.15, 0.2) is 0 Å². The lowest BCUT2D eigenvalue weighted by atomic mass is 9.93. The highest BCUT2D eigenvalue weighted by atomic mass is 32.1. The Morgan fingerprint density at radius 1 is 1.53 bits per heavy atom. The van der Waals surface area contributed by atoms with Gasteiger partial charge in [-0.3, -0.25) is 0 Å². The molecule has 15 heavy (non-hydrogen) atoms. The minimum absolute atomic E-state index is 0.111. The smallest absolute Gasteiger partial charge is 0.347 e. The van der Waals surface area contributed by atoms with E-state index in [1.54, 1.807) is 0 Å². The predicted molar refractivity (Wildman–Crippen MR) is 60.1 cm³/mol. The Morgan fingerprint density at radius 2 is 2.13 bits per heavy atom. The van der Waals surface area contributed by atoms with Crippen LogP contribution in [0.5, 0.6) is 0 Å². The molecule has 0 radical (unpaired) electrons. The molecule has 0 aliphatic heterocycles. The summed E-state index contributed by atoms with van der Waals surface area (Å²) in [5, 5.41) is 9.77. The summed E-state index contributed by atoms with van der Waals surface area (Å²) in [6.45, 7) is 6.47. The molecule has 0 fully saturated rings. The molecular formula is C10H16N2O2S. The maximum atomic E-state index is 10.9. The van der Waals surface area contributed by atoms with E-state index in [9.17, 15) is 4.79 Å². The number of thiazole rings is 1. The van der Waals surface area contributed by atoms with Crippen LogP contribution in [0.1, 0.15) is 41.1 Å². The number of nitrogens with two attached hydrogens (primary N) is 1. The first-order valence-corrected chi connectivity index (χ1v) is 5.57. The maximum Gasteiger partial charge on any atom is 0.347 e. The molecule has 0 unspecified atom stereocenters. The van der Waals surface area contributed by atoms with E-state index in [2.05, 4.69) is 25.8 Å². The number of hydrogen-bond donors (Lipinski definition) is 2. The lowest BCUT2D eigenvalue weighted by Crippen LogP contribution is -2.09. The van der Waals surface area contributed by atoms with Gasteiger partial charge in [-0.05, 0) is 5.41 Å². The summed E-state index contributed by atoms with van der Waals surface area (Å²) in [6.07, 6.45) is 0.776. The number of hydrogen-bond acceptors (Lipinski definition) is 4. The molecule has 3 N–H and O–H groups in total. The molecule has 1 aromatic heterocycles. The number of nitrogens with zero attached hydrogens (tertiary/aromatic N) is 1. The van der Waals surface area contributed by atoms with Crippen molar-refractivity contribution in [3.05, 3.63) is 15.6 Å². The Morgan fingerprint density at radius 3 is 2.47 bits per heavy atom. The highest BCUT2D eigenvalue weighted by molar-refractivity contribution is 7.13. The number of aromatic nitrogens is 1. The summed E-state index contributed by atoms with van der Waals surface area (Å²) in [4.78, 5) is 15.4. The van der Waals surface area contributed by atoms with Crippen molar-refractivity contribution >= 4 is 17.3 Å². The van der Waals surface area contributed by atoms with Crippen molar-refractivity contribution in [1.29, 1.82) is 0 Å². The van der Waals surface area contributed by atoms with Crippen molar-refractivity contribution in [2.24, 2.45) is 11.1 Å². The molecule has 0 saturated heterocycles. The van der Waals surface area contributed by atoms with Gasteiger partial charge in [-0.2, -0.15) is 0 Å². The molecular weight excluding hydrogens is 212 g/mol. The second-order valence-corrected chi connectivity index (χ2v) is 5.71. The molecule has 5 heteroatoms. The van der Waals surface area contributed by atoms with Crippen molar-refractivity contribution in [3.63, 3.8) is 0 Å². The highest BCUT2D eigenvalue weighted by Gasteiger charge is 2.19. The minimum Gasteiger partial charge on any atom is -0.477 e. The Labute approximate surface area is 93.1 Å². The monoisotopic (exact) mass is 228 g/mol. The van der Waals surface area contributed by atoms with Crippen LogP contribution in [0.25, 0.3) is 0 Å². The topological polar surface area (TPSA) is 76.2 Å². The third-order valence-electron chi connectivity index (χ3n) is 1.81. The largest absolute Gasteiger partial charge is 0.477 e. The fourth-order valence-electron chi connectivity index (χ4n) is 1.24. The van der Waals surface area contributed by atoms with Gasteiger partial charge in [-0.15, -0.1) is 11.3 Å². The summed E-state index contributed by atoms with van der Waals surface area (Å²) in [6, 6.07) is 0. The molecule has 0 bridgehead atoms. The number of rotatable bonds is 3. The molecule has 0 atom stereocenters. The van der Waals surface area contributed by atoms with Gasteiger partial charge in [-0.1, -0.05) is 20.8 Å². The van der Waals surface area contributed by atoms with Crippen LogP contribution in [-0.4, -0.2) is 16.1 Å². The number of carboxylic acid groups (broad SMARTS) is 1. The van der Waals surface area contributed by atoms with Crippen LogP contribution in [0.4, 0.5) is 0 Å². The minimum atomic E-state index is -0.937. The Balaban J connectivity index is 2.98. The van der Waals surface area contributed by atoms with E-state index in [1.807, 2.05) is 0 Å². The third kappa shape index (κ3) is 3.28. The zero-order valence-corrected chi connectivity index (χ0v) is 10.0. The van der Waals surface area contributed by atoms with Gasteiger partial charge in [0.2, 0.25) is 0 Å². The second kappa shape index (κ2) is 4.28. The predicted octanol–water partition coefficient (Wildman–Crippen LogP) is 1.89. The fourth-order valence-corrected chi connectivity index (χ4v) is 2.47. The number of carboxylic acids is 1. The quantitative estimate of drug-likeness (QED) is 0.828. The molecule has 0 spiro atoms. The average Bonchev–Trinajstić information content (AvgIpc) is 2.44. The molecule has 84 valence electrons. The molecule has 1 rings (SSSR count). The molecule has 0 amide bonds. The summed E-state index contributed by atoms with van der Waals surface area (Å²) >= 11 is 1.23. The van der Waals surface area contributed by atoms with Crippen LogP contribution >= 0.6 is 11.3 Å². The van der Waals surface area contributed by atoms with E-state index in [4.69, 9.17) is 10.8 Å². The van der Waals surface area contributed by atoms with Crippen LogP contribution in [0, 0.1) is 5.41 Å². The summed E-state index contributed by atoms with van der Waals surface area (Å²) < 4.78 is 0. The summed E-state index contributed by atoms with van der Waals surface area (Å²) in [7, 11) is 0. The molecule has 1 heterocycles. The molecule has 4 nitrogen and oxygen atoms in total. The molecule has 1 aromatic rings. The van der Waals surface area contributed by atoms with Gasteiger partial charge in [0.05, 0.1) is 10.7 Å². The van der Waals surface area contributed by atoms with Gasteiger partial charge in [0, 0.05) is 13.0 Å². The van der Waals surface area contributed by atoms with Crippen LogP contribution in [0.3, 0.4) is 0 Å². The first-order chi connectivity index (χ1) is 6.83. The second-order valence-electron chi connectivity index (χ2n) is 4.63. The van der Waals surface area contributed by atoms with Crippen LogP contribution in [-0.2, 0) is 13.0 Å². The average molecular weight is 228 g/mol. The van der Waals surface area contributed by atoms with Crippen LogP contribution < -0.4 is 5.73 Å². The van der Waals surface area contributed by atoms with Crippen molar-refractivity contribution in [2.75, 3.05) is 0 Å².